The summed E-state index contributed by atoms with van der Waals surface area (Å²) in [5, 5.41) is 0.313. The molecule has 0 aromatic heterocycles. The number of ether oxygens (including phenoxy) is 1. The number of carbonyl (C=O) groups excluding carboxylic acids is 2. The molecule has 0 aliphatic heterocycles. The molecule has 3 saturated carbocycles. The third-order valence-corrected chi connectivity index (χ3v) is 22.7. The minimum absolute atomic E-state index is 0.00877. The molecule has 0 bridgehead atoms. The van der Waals surface area contributed by atoms with Crippen molar-refractivity contribution in [3.05, 3.63) is 11.6 Å². The van der Waals surface area contributed by atoms with E-state index in [2.05, 4.69) is 88.5 Å². The summed E-state index contributed by atoms with van der Waals surface area (Å²) in [4.78, 5) is 25.6. The third kappa shape index (κ3) is 6.32. The molecule has 0 radical (unpaired) electrons. The molecule has 43 heavy (non-hydrogen) atoms. The van der Waals surface area contributed by atoms with Gasteiger partial charge in [-0.05, 0) is 109 Å². The van der Waals surface area contributed by atoms with Gasteiger partial charge in [0.15, 0.2) is 22.4 Å². The molecule has 0 aromatic carbocycles. The van der Waals surface area contributed by atoms with Crippen LogP contribution in [-0.4, -0.2) is 47.2 Å². The van der Waals surface area contributed by atoms with Gasteiger partial charge in [0.2, 0.25) is 0 Å². The second-order valence-corrected chi connectivity index (χ2v) is 28.0. The van der Waals surface area contributed by atoms with Crippen LogP contribution in [-0.2, 0) is 23.2 Å². The third-order valence-electron chi connectivity index (χ3n) is 13.6. The molecule has 4 rings (SSSR count). The summed E-state index contributed by atoms with van der Waals surface area (Å²) >= 11 is 0. The van der Waals surface area contributed by atoms with Gasteiger partial charge in [-0.25, -0.2) is 0 Å². The van der Waals surface area contributed by atoms with Gasteiger partial charge in [0.25, 0.3) is 0 Å². The first-order valence-corrected chi connectivity index (χ1v) is 23.0. The van der Waals surface area contributed by atoms with Crippen molar-refractivity contribution in [2.75, 3.05) is 6.61 Å². The molecule has 246 valence electrons. The Labute approximate surface area is 265 Å². The number of esters is 1. The lowest BCUT2D eigenvalue weighted by Gasteiger charge is -2.63. The predicted molar refractivity (Wildman–Crippen MR) is 181 cm³/mol. The molecule has 0 aromatic rings. The van der Waals surface area contributed by atoms with Gasteiger partial charge >= 0.3 is 5.97 Å². The van der Waals surface area contributed by atoms with E-state index in [-0.39, 0.29) is 44.8 Å². The summed E-state index contributed by atoms with van der Waals surface area (Å²) in [5.74, 6) is 1.36. The molecule has 0 spiro atoms. The maximum Gasteiger partial charge on any atom is 0.302 e. The van der Waals surface area contributed by atoms with E-state index >= 15 is 0 Å². The van der Waals surface area contributed by atoms with E-state index in [4.69, 9.17) is 13.6 Å². The molecule has 0 heterocycles. The highest BCUT2D eigenvalue weighted by molar-refractivity contribution is 6.74. The second-order valence-electron chi connectivity index (χ2n) is 18.4. The molecule has 4 aliphatic rings. The van der Waals surface area contributed by atoms with E-state index in [1.165, 1.54) is 12.5 Å². The number of ketones is 1. The van der Waals surface area contributed by atoms with Gasteiger partial charge in [-0.1, -0.05) is 67.9 Å². The van der Waals surface area contributed by atoms with E-state index in [1.807, 2.05) is 6.08 Å². The highest BCUT2D eigenvalue weighted by atomic mass is 28.4. The Bertz CT molecular complexity index is 1110. The highest BCUT2D eigenvalue weighted by Crippen LogP contribution is 2.67. The van der Waals surface area contributed by atoms with Crippen molar-refractivity contribution in [2.45, 2.75) is 156 Å². The van der Waals surface area contributed by atoms with Gasteiger partial charge in [0.1, 0.15) is 0 Å². The van der Waals surface area contributed by atoms with Crippen LogP contribution in [0.1, 0.15) is 108 Å². The number of carbonyl (C=O) groups is 2. The first kappa shape index (κ1) is 35.1. The number of hydrogen-bond donors (Lipinski definition) is 0. The molecule has 0 saturated heterocycles. The monoisotopic (exact) mass is 632 g/mol. The lowest BCUT2D eigenvalue weighted by atomic mass is 9.43. The van der Waals surface area contributed by atoms with Crippen molar-refractivity contribution in [1.29, 1.82) is 0 Å². The zero-order valence-corrected chi connectivity index (χ0v) is 32.1. The smallest absolute Gasteiger partial charge is 0.302 e. The van der Waals surface area contributed by atoms with Crippen molar-refractivity contribution in [1.82, 2.24) is 0 Å². The van der Waals surface area contributed by atoms with Crippen molar-refractivity contribution in [2.24, 2.45) is 40.4 Å². The summed E-state index contributed by atoms with van der Waals surface area (Å²) < 4.78 is 20.0. The highest BCUT2D eigenvalue weighted by Gasteiger charge is 2.64. The summed E-state index contributed by atoms with van der Waals surface area (Å²) in [7, 11) is -3.95. The molecule has 3 fully saturated rings. The van der Waals surface area contributed by atoms with Gasteiger partial charge in [0.05, 0.1) is 6.61 Å². The molecule has 5 nitrogen and oxygen atoms in total. The van der Waals surface area contributed by atoms with Crippen LogP contribution in [0, 0.1) is 40.4 Å². The maximum atomic E-state index is 14.0. The fraction of sp³-hybridized carbons (Fsp3) is 0.889. The topological polar surface area (TPSA) is 61.8 Å². The Hall–Kier alpha value is -0.766. The van der Waals surface area contributed by atoms with Crippen LogP contribution in [0.5, 0.6) is 0 Å². The van der Waals surface area contributed by atoms with Crippen molar-refractivity contribution < 1.29 is 23.2 Å². The second kappa shape index (κ2) is 11.5. The number of fused-ring (bicyclic) bond motifs is 5. The van der Waals surface area contributed by atoms with Crippen LogP contribution in [0.2, 0.25) is 36.3 Å². The van der Waals surface area contributed by atoms with Crippen molar-refractivity contribution in [3.63, 3.8) is 0 Å². The zero-order valence-electron chi connectivity index (χ0n) is 30.1. The van der Waals surface area contributed by atoms with Gasteiger partial charge in [-0.2, -0.15) is 0 Å². The van der Waals surface area contributed by atoms with Gasteiger partial charge in [-0.3, -0.25) is 9.59 Å². The first-order valence-electron chi connectivity index (χ1n) is 17.2. The molecule has 0 amide bonds. The quantitative estimate of drug-likeness (QED) is 0.207. The Morgan fingerprint density at radius 2 is 1.51 bits per heavy atom. The average Bonchev–Trinajstić information content (AvgIpc) is 3.12. The van der Waals surface area contributed by atoms with Crippen LogP contribution in [0.25, 0.3) is 0 Å². The molecule has 0 unspecified atom stereocenters. The number of hydrogen-bond acceptors (Lipinski definition) is 5. The van der Waals surface area contributed by atoms with Crippen LogP contribution < -0.4 is 0 Å². The van der Waals surface area contributed by atoms with Gasteiger partial charge in [0, 0.05) is 31.0 Å². The SMILES string of the molecule is CC(=O)OC[C@@H](C)C1=CC(=O)[C@H]2[C@@H]3C[C@H](O[Si](C)(C)C(C)(C)C)[C@H]4C[C@@H](O[Si](C)(C)C(C)(C)C)CC[C@]4(C)[C@H]3CC[C@]12C. The normalized spacial score (nSPS) is 37.6. The van der Waals surface area contributed by atoms with E-state index < -0.39 is 16.6 Å². The fourth-order valence-corrected chi connectivity index (χ4v) is 11.9. The standard InChI is InChI=1S/C36H64O5Si2/c1-23(22-39-24(2)37)28-21-30(38)32-26-20-31(41-43(13,14)34(6,7)8)29-19-25(40-42(11,12)33(3,4)5)15-17-35(29,9)27(26)16-18-36(28,32)10/h21,23,25-27,29,31-32H,15-20,22H2,1-14H3/t23-,25+,26-,27+,29-,31+,32-,35-,36-/m1/s1. The summed E-state index contributed by atoms with van der Waals surface area (Å²) in [6.45, 7) is 32.4. The fourth-order valence-electron chi connectivity index (χ4n) is 9.13. The van der Waals surface area contributed by atoms with Crippen LogP contribution in [0.15, 0.2) is 11.6 Å². The van der Waals surface area contributed by atoms with Crippen LogP contribution in [0.3, 0.4) is 0 Å². The lowest BCUT2D eigenvalue weighted by Crippen LogP contribution is -2.62. The minimum Gasteiger partial charge on any atom is -0.465 e. The largest absolute Gasteiger partial charge is 0.465 e. The Morgan fingerprint density at radius 3 is 2.07 bits per heavy atom. The van der Waals surface area contributed by atoms with Crippen molar-refractivity contribution in [3.8, 4) is 0 Å². The molecule has 0 N–H and O–H groups in total. The Morgan fingerprint density at radius 1 is 0.930 bits per heavy atom. The number of rotatable bonds is 7. The van der Waals surface area contributed by atoms with Crippen molar-refractivity contribution >= 4 is 28.4 Å². The van der Waals surface area contributed by atoms with E-state index in [0.29, 0.717) is 36.2 Å². The summed E-state index contributed by atoms with van der Waals surface area (Å²) in [5.41, 5.74) is 1.16. The van der Waals surface area contributed by atoms with Crippen LogP contribution >= 0.6 is 0 Å². The predicted octanol–water partition coefficient (Wildman–Crippen LogP) is 9.33. The van der Waals surface area contributed by atoms with Gasteiger partial charge in [-0.15, -0.1) is 0 Å². The zero-order chi connectivity index (χ0) is 32.6. The van der Waals surface area contributed by atoms with E-state index in [1.54, 1.807) is 0 Å². The first-order chi connectivity index (χ1) is 19.4. The molecule has 4 aliphatic carbocycles. The molecular weight excluding hydrogens is 569 g/mol. The van der Waals surface area contributed by atoms with Gasteiger partial charge < -0.3 is 13.6 Å². The van der Waals surface area contributed by atoms with E-state index in [9.17, 15) is 9.59 Å². The average molecular weight is 633 g/mol. The Kier molecular flexibility index (Phi) is 9.37. The maximum absolute atomic E-state index is 14.0. The number of allylic oxidation sites excluding steroid dienone is 1. The molecular formula is C36H64O5Si2. The summed E-state index contributed by atoms with van der Waals surface area (Å²) in [6, 6.07) is 0. The summed E-state index contributed by atoms with van der Waals surface area (Å²) in [6.07, 6.45) is 8.86. The van der Waals surface area contributed by atoms with E-state index in [0.717, 1.165) is 38.5 Å². The Balaban J connectivity index is 1.68. The molecule has 7 heteroatoms. The lowest BCUT2D eigenvalue weighted by molar-refractivity contribution is -0.166. The van der Waals surface area contributed by atoms with Crippen LogP contribution in [0.4, 0.5) is 0 Å². The minimum atomic E-state index is -2.06. The molecule has 9 atom stereocenters.